The Labute approximate surface area is 209 Å². The van der Waals surface area contributed by atoms with Crippen molar-refractivity contribution < 1.29 is 17.9 Å². The molecule has 0 aliphatic carbocycles. The minimum atomic E-state index is -3.59. The van der Waals surface area contributed by atoms with E-state index in [4.69, 9.17) is 4.74 Å². The number of hydrogen-bond acceptors (Lipinski definition) is 5. The van der Waals surface area contributed by atoms with Crippen LogP contribution in [0.4, 0.5) is 5.69 Å². The Balaban J connectivity index is 1.44. The van der Waals surface area contributed by atoms with Crippen LogP contribution in [0.2, 0.25) is 0 Å². The number of rotatable bonds is 6. The van der Waals surface area contributed by atoms with E-state index in [1.165, 1.54) is 29.1 Å². The molecule has 4 rings (SSSR count). The van der Waals surface area contributed by atoms with Gasteiger partial charge in [0.25, 0.3) is 5.91 Å². The maximum Gasteiger partial charge on any atom is 0.263 e. The van der Waals surface area contributed by atoms with Gasteiger partial charge in [-0.25, -0.2) is 8.42 Å². The Morgan fingerprint density at radius 1 is 1.06 bits per heavy atom. The topological polar surface area (TPSA) is 79.0 Å². The number of benzene rings is 2. The van der Waals surface area contributed by atoms with Crippen molar-refractivity contribution in [3.8, 4) is 5.75 Å². The van der Waals surface area contributed by atoms with Gasteiger partial charge in [0, 0.05) is 13.1 Å². The number of sulfonamides is 1. The summed E-state index contributed by atoms with van der Waals surface area (Å²) in [6, 6.07) is 13.8. The number of fused-ring (bicyclic) bond motifs is 1. The van der Waals surface area contributed by atoms with Crippen molar-refractivity contribution in [2.45, 2.75) is 64.6 Å². The molecule has 2 aliphatic rings. The molecular weight excluding hydrogens is 462 g/mol. The first-order valence-electron chi connectivity index (χ1n) is 12.4. The molecule has 1 atom stereocenters. The predicted octanol–water partition coefficient (Wildman–Crippen LogP) is 3.81. The average Bonchev–Trinajstić information content (AvgIpc) is 2.81. The van der Waals surface area contributed by atoms with Gasteiger partial charge >= 0.3 is 0 Å². The van der Waals surface area contributed by atoms with Gasteiger partial charge in [0.2, 0.25) is 10.0 Å². The molecule has 8 heteroatoms. The molecular formula is C27H37N3O4S. The molecule has 7 nitrogen and oxygen atoms in total. The van der Waals surface area contributed by atoms with Crippen LogP contribution in [0.25, 0.3) is 0 Å². The highest BCUT2D eigenvalue weighted by Gasteiger charge is 2.35. The van der Waals surface area contributed by atoms with Crippen LogP contribution in [0.3, 0.4) is 0 Å². The molecule has 1 N–H and O–H groups in total. The van der Waals surface area contributed by atoms with Crippen LogP contribution in [0.5, 0.6) is 5.75 Å². The molecule has 2 aromatic carbocycles. The van der Waals surface area contributed by atoms with E-state index in [0.29, 0.717) is 18.0 Å². The standard InChI is InChI=1S/C27H37N3O4S/c1-27(2,3)22-11-12-24-23(16-22)30(35(4,32)33)19-25(34-24)26(31)28-17-20-9-8-10-21(15-20)18-29-13-6-5-7-14-29/h8-12,15-16,25H,5-7,13-14,17-19H2,1-4H3,(H,28,31)/t25-/m0/s1. The first kappa shape index (κ1) is 25.5. The number of carbonyl (C=O) groups excluding carboxylic acids is 1. The Kier molecular flexibility index (Phi) is 7.43. The van der Waals surface area contributed by atoms with Crippen LogP contribution >= 0.6 is 0 Å². The van der Waals surface area contributed by atoms with Gasteiger partial charge in [-0.05, 0) is 60.2 Å². The van der Waals surface area contributed by atoms with Gasteiger partial charge in [-0.3, -0.25) is 14.0 Å². The van der Waals surface area contributed by atoms with E-state index in [1.807, 2.05) is 24.3 Å². The molecule has 0 unspecified atom stereocenters. The van der Waals surface area contributed by atoms with Gasteiger partial charge in [0.1, 0.15) is 5.75 Å². The van der Waals surface area contributed by atoms with Crippen molar-refractivity contribution in [1.29, 1.82) is 0 Å². The first-order valence-corrected chi connectivity index (χ1v) is 14.2. The molecule has 2 heterocycles. The van der Waals surface area contributed by atoms with E-state index >= 15 is 0 Å². The third kappa shape index (κ3) is 6.35. The van der Waals surface area contributed by atoms with Crippen molar-refractivity contribution in [3.05, 3.63) is 59.2 Å². The highest BCUT2D eigenvalue weighted by molar-refractivity contribution is 7.92. The van der Waals surface area contributed by atoms with E-state index in [2.05, 4.69) is 43.1 Å². The Morgan fingerprint density at radius 2 is 1.77 bits per heavy atom. The maximum absolute atomic E-state index is 13.0. The van der Waals surface area contributed by atoms with Crippen molar-refractivity contribution in [2.24, 2.45) is 0 Å². The van der Waals surface area contributed by atoms with Crippen LogP contribution in [0.1, 0.15) is 56.7 Å². The van der Waals surface area contributed by atoms with Gasteiger partial charge in [0.05, 0.1) is 18.5 Å². The van der Waals surface area contributed by atoms with E-state index < -0.39 is 16.1 Å². The van der Waals surface area contributed by atoms with Gasteiger partial charge in [-0.15, -0.1) is 0 Å². The minimum Gasteiger partial charge on any atom is -0.476 e. The fourth-order valence-corrected chi connectivity index (χ4v) is 5.59. The second-order valence-corrected chi connectivity index (χ2v) is 12.6. The number of nitrogens with one attached hydrogen (secondary N) is 1. The Bertz CT molecular complexity index is 1170. The molecule has 35 heavy (non-hydrogen) atoms. The summed E-state index contributed by atoms with van der Waals surface area (Å²) in [5.41, 5.74) is 3.59. The first-order chi connectivity index (χ1) is 16.5. The molecule has 0 aromatic heterocycles. The summed E-state index contributed by atoms with van der Waals surface area (Å²) in [7, 11) is -3.59. The second kappa shape index (κ2) is 10.2. The number of anilines is 1. The zero-order chi connectivity index (χ0) is 25.2. The number of likely N-dealkylation sites (tertiary alicyclic amines) is 1. The van der Waals surface area contributed by atoms with Crippen molar-refractivity contribution in [3.63, 3.8) is 0 Å². The molecule has 1 fully saturated rings. The summed E-state index contributed by atoms with van der Waals surface area (Å²) in [6.45, 7) is 9.71. The van der Waals surface area contributed by atoms with Crippen molar-refractivity contribution in [2.75, 3.05) is 30.2 Å². The van der Waals surface area contributed by atoms with Crippen molar-refractivity contribution >= 4 is 21.6 Å². The van der Waals surface area contributed by atoms with E-state index in [1.54, 1.807) is 6.07 Å². The lowest BCUT2D eigenvalue weighted by Crippen LogP contribution is -2.50. The molecule has 1 amide bonds. The van der Waals surface area contributed by atoms with Crippen LogP contribution in [0, 0.1) is 0 Å². The third-order valence-corrected chi connectivity index (χ3v) is 7.85. The van der Waals surface area contributed by atoms with Crippen LogP contribution in [-0.2, 0) is 33.3 Å². The fraction of sp³-hybridized carbons (Fsp3) is 0.519. The molecule has 0 spiro atoms. The summed E-state index contributed by atoms with van der Waals surface area (Å²) >= 11 is 0. The van der Waals surface area contributed by atoms with E-state index in [-0.39, 0.29) is 17.9 Å². The molecule has 0 saturated carbocycles. The normalized spacial score (nSPS) is 19.1. The summed E-state index contributed by atoms with van der Waals surface area (Å²) in [4.78, 5) is 15.5. The molecule has 2 aromatic rings. The lowest BCUT2D eigenvalue weighted by Gasteiger charge is -2.35. The Hall–Kier alpha value is -2.58. The predicted molar refractivity (Wildman–Crippen MR) is 139 cm³/mol. The number of hydrogen-bond donors (Lipinski definition) is 1. The average molecular weight is 500 g/mol. The zero-order valence-corrected chi connectivity index (χ0v) is 22.0. The summed E-state index contributed by atoms with van der Waals surface area (Å²) < 4.78 is 32.4. The van der Waals surface area contributed by atoms with Gasteiger partial charge in [0.15, 0.2) is 6.10 Å². The van der Waals surface area contributed by atoms with Crippen LogP contribution in [0.15, 0.2) is 42.5 Å². The highest BCUT2D eigenvalue weighted by Crippen LogP contribution is 2.38. The van der Waals surface area contributed by atoms with E-state index in [0.717, 1.165) is 37.0 Å². The molecule has 0 radical (unpaired) electrons. The van der Waals surface area contributed by atoms with Gasteiger partial charge in [-0.1, -0.05) is 57.5 Å². The monoisotopic (exact) mass is 499 g/mol. The number of ether oxygens (including phenoxy) is 1. The Morgan fingerprint density at radius 3 is 2.46 bits per heavy atom. The largest absolute Gasteiger partial charge is 0.476 e. The number of carbonyl (C=O) groups is 1. The molecule has 190 valence electrons. The number of piperidine rings is 1. The number of amides is 1. The van der Waals surface area contributed by atoms with E-state index in [9.17, 15) is 13.2 Å². The SMILES string of the molecule is CC(C)(C)c1ccc2c(c1)N(S(C)(=O)=O)C[C@@H](C(=O)NCc1cccc(CN3CCCCC3)c1)O2. The molecule has 1 saturated heterocycles. The smallest absolute Gasteiger partial charge is 0.263 e. The minimum absolute atomic E-state index is 0.0553. The molecule has 2 aliphatic heterocycles. The molecule has 0 bridgehead atoms. The summed E-state index contributed by atoms with van der Waals surface area (Å²) in [6.07, 6.45) is 4.05. The lowest BCUT2D eigenvalue weighted by molar-refractivity contribution is -0.127. The lowest BCUT2D eigenvalue weighted by atomic mass is 9.86. The van der Waals surface area contributed by atoms with Crippen LogP contribution in [-0.4, -0.2) is 51.2 Å². The summed E-state index contributed by atoms with van der Waals surface area (Å²) in [5.74, 6) is 0.0731. The number of nitrogens with zero attached hydrogens (tertiary/aromatic N) is 2. The maximum atomic E-state index is 13.0. The van der Waals surface area contributed by atoms with Crippen LogP contribution < -0.4 is 14.4 Å². The summed E-state index contributed by atoms with van der Waals surface area (Å²) in [5, 5.41) is 2.94. The van der Waals surface area contributed by atoms with Crippen molar-refractivity contribution in [1.82, 2.24) is 10.2 Å². The third-order valence-electron chi connectivity index (χ3n) is 6.70. The zero-order valence-electron chi connectivity index (χ0n) is 21.2. The highest BCUT2D eigenvalue weighted by atomic mass is 32.2. The second-order valence-electron chi connectivity index (χ2n) is 10.7. The quantitative estimate of drug-likeness (QED) is 0.654. The van der Waals surface area contributed by atoms with Gasteiger partial charge in [-0.2, -0.15) is 0 Å². The van der Waals surface area contributed by atoms with Gasteiger partial charge < -0.3 is 10.1 Å². The fourth-order valence-electron chi connectivity index (χ4n) is 4.69.